The number of rotatable bonds is 3. The van der Waals surface area contributed by atoms with Crippen molar-refractivity contribution in [3.63, 3.8) is 0 Å². The molecule has 1 fully saturated rings. The van der Waals surface area contributed by atoms with E-state index in [1.807, 2.05) is 10.3 Å². The molecule has 5 heteroatoms. The van der Waals surface area contributed by atoms with Crippen LogP contribution in [-0.2, 0) is 0 Å². The van der Waals surface area contributed by atoms with Crippen LogP contribution in [0.2, 0.25) is 0 Å². The van der Waals surface area contributed by atoms with E-state index < -0.39 is 0 Å². The number of piperidine rings is 1. The molecule has 2 rings (SSSR count). The number of hydrogen-bond donors (Lipinski definition) is 0. The molecular weight excluding hydrogens is 234 g/mol. The van der Waals surface area contributed by atoms with Gasteiger partial charge in [0.05, 0.1) is 5.51 Å². The Morgan fingerprint density at radius 1 is 1.53 bits per heavy atom. The molecule has 0 aromatic carbocycles. The lowest BCUT2D eigenvalue weighted by molar-refractivity contribution is 0.0673. The second kappa shape index (κ2) is 5.60. The van der Waals surface area contributed by atoms with E-state index in [2.05, 4.69) is 24.0 Å². The SMILES string of the molecule is CN(C)CC1CCN(C(=O)c2cscn2)CC1. The van der Waals surface area contributed by atoms with Crippen LogP contribution in [-0.4, -0.2) is 54.4 Å². The highest BCUT2D eigenvalue weighted by Gasteiger charge is 2.24. The van der Waals surface area contributed by atoms with Gasteiger partial charge >= 0.3 is 0 Å². The minimum absolute atomic E-state index is 0.0922. The topological polar surface area (TPSA) is 36.4 Å². The molecule has 0 unspecified atom stereocenters. The van der Waals surface area contributed by atoms with Crippen molar-refractivity contribution in [1.82, 2.24) is 14.8 Å². The molecule has 0 atom stereocenters. The third kappa shape index (κ3) is 3.26. The van der Waals surface area contributed by atoms with Gasteiger partial charge in [0, 0.05) is 25.0 Å². The average Bonchev–Trinajstić information content (AvgIpc) is 2.82. The standard InChI is InChI=1S/C12H19N3OS/c1-14(2)7-10-3-5-15(6-4-10)12(16)11-8-17-9-13-11/h8-10H,3-7H2,1-2H3. The summed E-state index contributed by atoms with van der Waals surface area (Å²) in [7, 11) is 4.21. The van der Waals surface area contributed by atoms with E-state index in [-0.39, 0.29) is 5.91 Å². The van der Waals surface area contributed by atoms with Crippen LogP contribution in [0.15, 0.2) is 10.9 Å². The van der Waals surface area contributed by atoms with Crippen molar-refractivity contribution in [3.8, 4) is 0 Å². The number of nitrogens with zero attached hydrogens (tertiary/aromatic N) is 3. The third-order valence-electron chi connectivity index (χ3n) is 3.18. The lowest BCUT2D eigenvalue weighted by Crippen LogP contribution is -2.40. The summed E-state index contributed by atoms with van der Waals surface area (Å²) in [4.78, 5) is 20.3. The van der Waals surface area contributed by atoms with E-state index in [0.29, 0.717) is 5.69 Å². The van der Waals surface area contributed by atoms with Crippen LogP contribution < -0.4 is 0 Å². The van der Waals surface area contributed by atoms with Crippen molar-refractivity contribution in [2.45, 2.75) is 12.8 Å². The zero-order chi connectivity index (χ0) is 12.3. The first-order chi connectivity index (χ1) is 8.16. The molecular formula is C12H19N3OS. The lowest BCUT2D eigenvalue weighted by Gasteiger charge is -2.32. The molecule has 1 aromatic rings. The maximum Gasteiger partial charge on any atom is 0.273 e. The summed E-state index contributed by atoms with van der Waals surface area (Å²) in [5.41, 5.74) is 2.31. The first kappa shape index (κ1) is 12.5. The largest absolute Gasteiger partial charge is 0.337 e. The first-order valence-electron chi connectivity index (χ1n) is 5.99. The van der Waals surface area contributed by atoms with E-state index in [4.69, 9.17) is 0 Å². The summed E-state index contributed by atoms with van der Waals surface area (Å²) in [6, 6.07) is 0. The van der Waals surface area contributed by atoms with E-state index in [9.17, 15) is 4.79 Å². The molecule has 94 valence electrons. The molecule has 1 aliphatic heterocycles. The Morgan fingerprint density at radius 2 is 2.24 bits per heavy atom. The maximum absolute atomic E-state index is 12.0. The van der Waals surface area contributed by atoms with Crippen LogP contribution in [0, 0.1) is 5.92 Å². The van der Waals surface area contributed by atoms with Gasteiger partial charge in [-0.3, -0.25) is 4.79 Å². The monoisotopic (exact) mass is 253 g/mol. The van der Waals surface area contributed by atoms with Gasteiger partial charge in [-0.25, -0.2) is 4.98 Å². The molecule has 0 saturated carbocycles. The van der Waals surface area contributed by atoms with Crippen molar-refractivity contribution >= 4 is 17.2 Å². The van der Waals surface area contributed by atoms with Crippen LogP contribution in [0.4, 0.5) is 0 Å². The van der Waals surface area contributed by atoms with Crippen LogP contribution >= 0.6 is 11.3 Å². The molecule has 0 N–H and O–H groups in total. The summed E-state index contributed by atoms with van der Waals surface area (Å²) >= 11 is 1.48. The Morgan fingerprint density at radius 3 is 2.76 bits per heavy atom. The summed E-state index contributed by atoms with van der Waals surface area (Å²) < 4.78 is 0. The quantitative estimate of drug-likeness (QED) is 0.820. The molecule has 1 aromatic heterocycles. The second-order valence-electron chi connectivity index (χ2n) is 4.87. The van der Waals surface area contributed by atoms with E-state index in [0.717, 1.165) is 38.4 Å². The highest BCUT2D eigenvalue weighted by Crippen LogP contribution is 2.19. The predicted octanol–water partition coefficient (Wildman–Crippen LogP) is 1.56. The van der Waals surface area contributed by atoms with Gasteiger partial charge in [0.1, 0.15) is 5.69 Å². The van der Waals surface area contributed by atoms with Crippen molar-refractivity contribution in [2.24, 2.45) is 5.92 Å². The number of thiazole rings is 1. The van der Waals surface area contributed by atoms with Crippen LogP contribution in [0.1, 0.15) is 23.3 Å². The molecule has 1 amide bonds. The predicted molar refractivity (Wildman–Crippen MR) is 69.3 cm³/mol. The molecule has 2 heterocycles. The minimum Gasteiger partial charge on any atom is -0.337 e. The first-order valence-corrected chi connectivity index (χ1v) is 6.93. The Hall–Kier alpha value is -0.940. The van der Waals surface area contributed by atoms with Gasteiger partial charge < -0.3 is 9.80 Å². The van der Waals surface area contributed by atoms with Gasteiger partial charge in [-0.2, -0.15) is 0 Å². The van der Waals surface area contributed by atoms with Gasteiger partial charge in [0.25, 0.3) is 5.91 Å². The molecule has 0 bridgehead atoms. The number of hydrogen-bond acceptors (Lipinski definition) is 4. The third-order valence-corrected chi connectivity index (χ3v) is 3.76. The Kier molecular flexibility index (Phi) is 4.12. The molecule has 1 saturated heterocycles. The maximum atomic E-state index is 12.0. The van der Waals surface area contributed by atoms with Crippen LogP contribution in [0.5, 0.6) is 0 Å². The van der Waals surface area contributed by atoms with Crippen molar-refractivity contribution in [1.29, 1.82) is 0 Å². The Balaban J connectivity index is 1.85. The summed E-state index contributed by atoms with van der Waals surface area (Å²) in [5, 5.41) is 1.83. The van der Waals surface area contributed by atoms with E-state index >= 15 is 0 Å². The van der Waals surface area contributed by atoms with Crippen molar-refractivity contribution in [2.75, 3.05) is 33.7 Å². The second-order valence-corrected chi connectivity index (χ2v) is 5.59. The smallest absolute Gasteiger partial charge is 0.273 e. The fourth-order valence-electron chi connectivity index (χ4n) is 2.32. The molecule has 0 spiro atoms. The van der Waals surface area contributed by atoms with Crippen molar-refractivity contribution < 1.29 is 4.79 Å². The van der Waals surface area contributed by atoms with Gasteiger partial charge in [-0.15, -0.1) is 11.3 Å². The average molecular weight is 253 g/mol. The molecule has 17 heavy (non-hydrogen) atoms. The molecule has 0 aliphatic carbocycles. The molecule has 0 radical (unpaired) electrons. The van der Waals surface area contributed by atoms with Gasteiger partial charge in [-0.1, -0.05) is 0 Å². The summed E-state index contributed by atoms with van der Waals surface area (Å²) in [6.07, 6.45) is 2.21. The fraction of sp³-hybridized carbons (Fsp3) is 0.667. The van der Waals surface area contributed by atoms with E-state index in [1.165, 1.54) is 11.3 Å². The minimum atomic E-state index is 0.0922. The summed E-state index contributed by atoms with van der Waals surface area (Å²) in [6.45, 7) is 2.86. The molecule has 1 aliphatic rings. The fourth-order valence-corrected chi connectivity index (χ4v) is 2.84. The van der Waals surface area contributed by atoms with Crippen LogP contribution in [0.3, 0.4) is 0 Å². The highest BCUT2D eigenvalue weighted by atomic mass is 32.1. The molecule has 4 nitrogen and oxygen atoms in total. The number of carbonyl (C=O) groups excluding carboxylic acids is 1. The zero-order valence-electron chi connectivity index (χ0n) is 10.4. The normalized spacial score (nSPS) is 17.7. The number of likely N-dealkylation sites (tertiary alicyclic amines) is 1. The Bertz CT molecular complexity index is 356. The van der Waals surface area contributed by atoms with E-state index in [1.54, 1.807) is 5.51 Å². The van der Waals surface area contributed by atoms with Crippen LogP contribution in [0.25, 0.3) is 0 Å². The van der Waals surface area contributed by atoms with Gasteiger partial charge in [-0.05, 0) is 32.9 Å². The number of aromatic nitrogens is 1. The Labute approximate surface area is 106 Å². The number of carbonyl (C=O) groups is 1. The van der Waals surface area contributed by atoms with Gasteiger partial charge in [0.15, 0.2) is 0 Å². The summed E-state index contributed by atoms with van der Waals surface area (Å²) in [5.74, 6) is 0.819. The zero-order valence-corrected chi connectivity index (χ0v) is 11.2. The van der Waals surface area contributed by atoms with Gasteiger partial charge in [0.2, 0.25) is 0 Å². The highest BCUT2D eigenvalue weighted by molar-refractivity contribution is 7.07. The number of amides is 1. The van der Waals surface area contributed by atoms with Crippen molar-refractivity contribution in [3.05, 3.63) is 16.6 Å². The lowest BCUT2D eigenvalue weighted by atomic mass is 9.96.